The largest absolute Gasteiger partial charge is 0.465 e. The molecule has 0 aromatic carbocycles. The van der Waals surface area contributed by atoms with Crippen molar-refractivity contribution in [3.05, 3.63) is 0 Å². The molecule has 710 valence electrons. The summed E-state index contributed by atoms with van der Waals surface area (Å²) in [6.45, 7) is 18.9. The monoisotopic (exact) mass is 1770 g/mol. The maximum absolute atomic E-state index is 13.7. The summed E-state index contributed by atoms with van der Waals surface area (Å²) in [6, 6.07) is 0. The van der Waals surface area contributed by atoms with Crippen molar-refractivity contribution in [2.24, 2.45) is 106 Å². The van der Waals surface area contributed by atoms with E-state index >= 15 is 0 Å². The minimum absolute atomic E-state index is 0.0301. The third kappa shape index (κ3) is 34.4. The van der Waals surface area contributed by atoms with Crippen molar-refractivity contribution in [2.75, 3.05) is 185 Å². The maximum atomic E-state index is 13.7. The Balaban J connectivity index is 0.528. The van der Waals surface area contributed by atoms with E-state index in [1.807, 2.05) is 41.5 Å². The van der Waals surface area contributed by atoms with Gasteiger partial charge < -0.3 is 115 Å². The molecule has 0 aromatic heterocycles. The molecule has 4 N–H and O–H groups in total. The Hall–Kier alpha value is -4.88. The molecule has 32 heteroatoms. The third-order valence-electron chi connectivity index (χ3n) is 27.4. The number of aliphatic hydroxyl groups excluding tert-OH is 4. The van der Waals surface area contributed by atoms with Crippen LogP contribution in [0.2, 0.25) is 0 Å². The first kappa shape index (κ1) is 101. The van der Waals surface area contributed by atoms with Gasteiger partial charge in [0.2, 0.25) is 0 Å². The van der Waals surface area contributed by atoms with E-state index in [0.29, 0.717) is 156 Å². The molecule has 4 heterocycles. The number of carbonyl (C=O) groups excluding carboxylic acids is 8. The molecule has 32 nitrogen and oxygen atoms in total. The Labute approximate surface area is 733 Å². The number of epoxide rings is 2. The average molecular weight is 1770 g/mol. The van der Waals surface area contributed by atoms with E-state index in [-0.39, 0.29) is 177 Å². The molecule has 0 bridgehead atoms. The van der Waals surface area contributed by atoms with Gasteiger partial charge in [0.1, 0.15) is 75.3 Å². The predicted molar refractivity (Wildman–Crippen MR) is 443 cm³/mol. The fraction of sp³-hybridized carbons (Fsp3) is 0.913. The van der Waals surface area contributed by atoms with Gasteiger partial charge in [-0.25, -0.2) is 0 Å². The van der Waals surface area contributed by atoms with Gasteiger partial charge in [0.15, 0.2) is 0 Å². The van der Waals surface area contributed by atoms with Gasteiger partial charge in [-0.15, -0.1) is 0 Å². The van der Waals surface area contributed by atoms with E-state index in [1.54, 1.807) is 0 Å². The summed E-state index contributed by atoms with van der Waals surface area (Å²) in [4.78, 5) is 109. The normalized spacial score (nSPS) is 31.0. The zero-order valence-corrected chi connectivity index (χ0v) is 74.8. The number of ether oxygens (including phenoxy) is 20. The van der Waals surface area contributed by atoms with Gasteiger partial charge >= 0.3 is 47.8 Å². The Morgan fingerprint density at radius 2 is 0.548 bits per heavy atom. The van der Waals surface area contributed by atoms with Crippen molar-refractivity contribution in [3.63, 3.8) is 0 Å². The van der Waals surface area contributed by atoms with E-state index in [9.17, 15) is 58.8 Å². The Morgan fingerprint density at radius 3 is 0.806 bits per heavy atom. The van der Waals surface area contributed by atoms with Gasteiger partial charge in [-0.1, -0.05) is 41.5 Å². The number of rotatable bonds is 57. The fourth-order valence-corrected chi connectivity index (χ4v) is 18.3. The van der Waals surface area contributed by atoms with Crippen LogP contribution in [0.5, 0.6) is 0 Å². The van der Waals surface area contributed by atoms with Gasteiger partial charge in [0, 0.05) is 24.0 Å². The van der Waals surface area contributed by atoms with Crippen LogP contribution < -0.4 is 0 Å². The van der Waals surface area contributed by atoms with E-state index < -0.39 is 130 Å². The standard InChI is InChI=1S/C92H150O32/c1-7-91(55-111-49-73-51-113-73,57-123-71-45-107-46-71)53-109-39-69(95)43-121-89(103)81-31-61(5)11-23-75(81)83(97)115-33-63-15-19-65(20-16-63)35-117-87(101)79-29-59(3)13-25-77(79)85(99)119-41-67(93)37-105-27-9-10-28-106-38-68(94)42-120-86(100)78-26-14-60(4)30-80(78)88(102)118-36-66-21-17-64(18-22-66)34-116-84(98)76-24-12-62(6)32-82(76)90(104)122-44-70(96)40-110-54-92(8-2,56-112-50-74-52-114-74)58-124-72-47-108-48-72/h59-82,93-96H,7-58H2,1-6H3. The molecular weight excluding hydrogens is 1620 g/mol. The lowest BCUT2D eigenvalue weighted by atomic mass is 9.74. The number of unbranched alkanes of at least 4 members (excludes halogenated alkanes) is 1. The molecular formula is C92H150O32. The van der Waals surface area contributed by atoms with Crippen molar-refractivity contribution in [1.82, 2.24) is 0 Å². The maximum Gasteiger partial charge on any atom is 0.309 e. The van der Waals surface area contributed by atoms with Crippen LogP contribution in [0.25, 0.3) is 0 Å². The van der Waals surface area contributed by atoms with Gasteiger partial charge in [-0.3, -0.25) is 38.4 Å². The molecule has 6 aliphatic carbocycles. The Bertz CT molecular complexity index is 2960. The molecule has 10 aliphatic rings. The molecule has 4 aliphatic heterocycles. The van der Waals surface area contributed by atoms with Crippen molar-refractivity contribution >= 4 is 47.8 Å². The summed E-state index contributed by atoms with van der Waals surface area (Å²) in [7, 11) is 0. The van der Waals surface area contributed by atoms with Crippen LogP contribution in [-0.2, 0) is 133 Å². The summed E-state index contributed by atoms with van der Waals surface area (Å²) in [5.41, 5.74) is -0.902. The average Bonchev–Trinajstić information content (AvgIpc) is 1.02. The van der Waals surface area contributed by atoms with Crippen LogP contribution in [-0.4, -0.2) is 302 Å². The lowest BCUT2D eigenvalue weighted by Crippen LogP contribution is -2.43. The third-order valence-corrected chi connectivity index (χ3v) is 27.4. The second-order valence-corrected chi connectivity index (χ2v) is 38.4. The zero-order chi connectivity index (χ0) is 88.4. The molecule has 0 amide bonds. The highest BCUT2D eigenvalue weighted by Crippen LogP contribution is 2.42. The molecule has 0 radical (unpaired) electrons. The van der Waals surface area contributed by atoms with Crippen molar-refractivity contribution in [3.8, 4) is 0 Å². The second-order valence-electron chi connectivity index (χ2n) is 38.4. The molecule has 4 saturated heterocycles. The van der Waals surface area contributed by atoms with Crippen molar-refractivity contribution < 1.29 is 154 Å². The van der Waals surface area contributed by atoms with Crippen LogP contribution in [0.1, 0.15) is 196 Å². The highest BCUT2D eigenvalue weighted by molar-refractivity contribution is 5.84. The molecule has 10 rings (SSSR count). The van der Waals surface area contributed by atoms with Crippen LogP contribution in [0.15, 0.2) is 0 Å². The number of esters is 8. The molecule has 6 saturated carbocycles. The topological polar surface area (TPSA) is 409 Å². The van der Waals surface area contributed by atoms with Gasteiger partial charge in [0.25, 0.3) is 0 Å². The Kier molecular flexibility index (Phi) is 43.1. The van der Waals surface area contributed by atoms with Crippen LogP contribution >= 0.6 is 0 Å². The first-order chi connectivity index (χ1) is 59.8. The van der Waals surface area contributed by atoms with E-state index in [0.717, 1.165) is 77.0 Å². The first-order valence-electron chi connectivity index (χ1n) is 47.0. The zero-order valence-electron chi connectivity index (χ0n) is 74.8. The fourth-order valence-electron chi connectivity index (χ4n) is 18.3. The van der Waals surface area contributed by atoms with Crippen LogP contribution in [0.3, 0.4) is 0 Å². The minimum Gasteiger partial charge on any atom is -0.465 e. The van der Waals surface area contributed by atoms with Gasteiger partial charge in [-0.05, 0) is 201 Å². The summed E-state index contributed by atoms with van der Waals surface area (Å²) in [6.07, 6.45) is 11.3. The summed E-state index contributed by atoms with van der Waals surface area (Å²) in [5, 5.41) is 43.1. The minimum atomic E-state index is -1.10. The molecule has 0 aromatic rings. The molecule has 20 atom stereocenters. The number of hydrogen-bond donors (Lipinski definition) is 4. The number of carbonyl (C=O) groups is 8. The SMILES string of the molecule is CCC(COCC(O)COC(=O)C1CC(C)CCC1C(=O)OCC1CCC(COC(=O)C2CC(C)CCC2C(=O)OCC(O)COCCCCOCC(O)COC(=O)C2CCC(C)CC2C(=O)OCC2CCC(COC(=O)C3CCC(C)CC3C(=O)OCC(O)COCC(CC)(COCC3CO3)COC3COC3)CC2)CC1)(COCC1CO1)COC1COC1. The summed E-state index contributed by atoms with van der Waals surface area (Å²) in [5.74, 6) is -8.22. The Morgan fingerprint density at radius 1 is 0.298 bits per heavy atom. The lowest BCUT2D eigenvalue weighted by molar-refractivity contribution is -0.169. The van der Waals surface area contributed by atoms with Gasteiger partial charge in [0.05, 0.1) is 193 Å². The van der Waals surface area contributed by atoms with Gasteiger partial charge in [-0.2, -0.15) is 0 Å². The second kappa shape index (κ2) is 52.8. The van der Waals surface area contributed by atoms with E-state index in [1.165, 1.54) is 0 Å². The number of aliphatic hydroxyl groups is 4. The van der Waals surface area contributed by atoms with E-state index in [2.05, 4.69) is 0 Å². The molecule has 0 spiro atoms. The van der Waals surface area contributed by atoms with Crippen LogP contribution in [0.4, 0.5) is 0 Å². The van der Waals surface area contributed by atoms with Crippen LogP contribution in [0, 0.1) is 106 Å². The highest BCUT2D eigenvalue weighted by Gasteiger charge is 2.47. The quantitative estimate of drug-likeness (QED) is 0.0194. The molecule has 10 fully saturated rings. The van der Waals surface area contributed by atoms with E-state index in [4.69, 9.17) is 94.7 Å². The van der Waals surface area contributed by atoms with Crippen molar-refractivity contribution in [1.29, 1.82) is 0 Å². The summed E-state index contributed by atoms with van der Waals surface area (Å²) >= 11 is 0. The highest BCUT2D eigenvalue weighted by atomic mass is 16.6. The predicted octanol–water partition coefficient (Wildman–Crippen LogP) is 7.90. The first-order valence-corrected chi connectivity index (χ1v) is 47.0. The molecule has 124 heavy (non-hydrogen) atoms. The molecule has 20 unspecified atom stereocenters. The lowest BCUT2D eigenvalue weighted by Gasteiger charge is -2.36. The smallest absolute Gasteiger partial charge is 0.309 e. The summed E-state index contributed by atoms with van der Waals surface area (Å²) < 4.78 is 115. The number of hydrogen-bond acceptors (Lipinski definition) is 32. The van der Waals surface area contributed by atoms with Crippen molar-refractivity contribution in [2.45, 2.75) is 244 Å².